The summed E-state index contributed by atoms with van der Waals surface area (Å²) < 4.78 is 13.8. The fourth-order valence-electron chi connectivity index (χ4n) is 5.78. The summed E-state index contributed by atoms with van der Waals surface area (Å²) in [5, 5.41) is 0. The van der Waals surface area contributed by atoms with E-state index in [1.807, 2.05) is 90.1 Å². The normalized spacial score (nSPS) is 14.2. The van der Waals surface area contributed by atoms with Gasteiger partial charge in [0, 0.05) is 8.95 Å². The van der Waals surface area contributed by atoms with Gasteiger partial charge in [-0.05, 0) is 135 Å². The van der Waals surface area contributed by atoms with Crippen LogP contribution in [0.25, 0.3) is 22.3 Å². The smallest absolute Gasteiger partial charge is 0.316 e. The van der Waals surface area contributed by atoms with Crippen molar-refractivity contribution in [3.05, 3.63) is 104 Å². The molecule has 0 amide bonds. The van der Waals surface area contributed by atoms with Crippen LogP contribution in [-0.4, -0.2) is 11.9 Å². The van der Waals surface area contributed by atoms with E-state index in [4.69, 9.17) is 9.47 Å². The SMILES string of the molecule is CC(C)(C)C(=O)Oc1ccc2c(c1)C1(c3cc(Br)ccc3-2)c2cc(Br)ccc2-c2ccc(OC(=O)C(C)(C)C)cc21. The second-order valence-electron chi connectivity index (χ2n) is 12.8. The van der Waals surface area contributed by atoms with E-state index in [2.05, 4.69) is 56.1 Å². The molecule has 2 aliphatic rings. The molecule has 0 aromatic heterocycles. The minimum atomic E-state index is -0.725. The number of benzene rings is 4. The molecule has 4 aromatic rings. The minimum absolute atomic E-state index is 0.295. The molecule has 4 aromatic carbocycles. The molecule has 0 atom stereocenters. The lowest BCUT2D eigenvalue weighted by molar-refractivity contribution is -0.143. The maximum atomic E-state index is 12.9. The Morgan fingerprint density at radius 1 is 0.537 bits per heavy atom. The van der Waals surface area contributed by atoms with Gasteiger partial charge < -0.3 is 9.47 Å². The fourth-order valence-corrected chi connectivity index (χ4v) is 6.50. The predicted molar refractivity (Wildman–Crippen MR) is 168 cm³/mol. The van der Waals surface area contributed by atoms with Crippen LogP contribution in [0.1, 0.15) is 63.8 Å². The highest BCUT2D eigenvalue weighted by molar-refractivity contribution is 9.10. The first-order valence-corrected chi connectivity index (χ1v) is 15.1. The van der Waals surface area contributed by atoms with Crippen molar-refractivity contribution < 1.29 is 19.1 Å². The molecule has 6 rings (SSSR count). The molecule has 2 aliphatic carbocycles. The Labute approximate surface area is 257 Å². The Bertz CT molecular complexity index is 1640. The number of hydrogen-bond acceptors (Lipinski definition) is 4. The molecule has 1 spiro atoms. The first kappa shape index (κ1) is 27.9. The largest absolute Gasteiger partial charge is 0.426 e. The first-order chi connectivity index (χ1) is 19.2. The Kier molecular flexibility index (Phi) is 6.40. The third kappa shape index (κ3) is 4.38. The molecule has 0 heterocycles. The zero-order valence-electron chi connectivity index (χ0n) is 23.8. The number of esters is 2. The molecule has 6 heteroatoms. The summed E-state index contributed by atoms with van der Waals surface area (Å²) in [5.74, 6) is 0.401. The molecule has 0 bridgehead atoms. The van der Waals surface area contributed by atoms with E-state index >= 15 is 0 Å². The third-order valence-corrected chi connectivity index (χ3v) is 8.77. The van der Waals surface area contributed by atoms with E-state index in [1.165, 1.54) is 0 Å². The summed E-state index contributed by atoms with van der Waals surface area (Å²) in [5.41, 5.74) is 6.58. The van der Waals surface area contributed by atoms with Crippen molar-refractivity contribution in [2.24, 2.45) is 10.8 Å². The summed E-state index contributed by atoms with van der Waals surface area (Å²) in [6.07, 6.45) is 0. The quantitative estimate of drug-likeness (QED) is 0.136. The van der Waals surface area contributed by atoms with Crippen LogP contribution in [0.2, 0.25) is 0 Å². The number of ether oxygens (including phenoxy) is 2. The van der Waals surface area contributed by atoms with Crippen LogP contribution in [0.4, 0.5) is 0 Å². The van der Waals surface area contributed by atoms with Gasteiger partial charge >= 0.3 is 11.9 Å². The van der Waals surface area contributed by atoms with Gasteiger partial charge in [0.1, 0.15) is 11.5 Å². The predicted octanol–water partition coefficient (Wildman–Crippen LogP) is 9.46. The van der Waals surface area contributed by atoms with E-state index < -0.39 is 16.2 Å². The second kappa shape index (κ2) is 9.40. The molecular formula is C35H30Br2O4. The van der Waals surface area contributed by atoms with Crippen molar-refractivity contribution in [2.45, 2.75) is 47.0 Å². The summed E-state index contributed by atoms with van der Waals surface area (Å²) in [6, 6.07) is 24.5. The van der Waals surface area contributed by atoms with Crippen molar-refractivity contribution >= 4 is 43.8 Å². The maximum Gasteiger partial charge on any atom is 0.316 e. The number of rotatable bonds is 2. The highest BCUT2D eigenvalue weighted by Gasteiger charge is 2.52. The van der Waals surface area contributed by atoms with Crippen molar-refractivity contribution in [2.75, 3.05) is 0 Å². The first-order valence-electron chi connectivity index (χ1n) is 13.6. The summed E-state index contributed by atoms with van der Waals surface area (Å²) in [4.78, 5) is 25.8. The highest BCUT2D eigenvalue weighted by Crippen LogP contribution is 2.64. The molecule has 0 saturated carbocycles. The highest BCUT2D eigenvalue weighted by atomic mass is 79.9. The average molecular weight is 674 g/mol. The van der Waals surface area contributed by atoms with Gasteiger partial charge in [0.2, 0.25) is 0 Å². The van der Waals surface area contributed by atoms with Gasteiger partial charge in [-0.15, -0.1) is 0 Å². The van der Waals surface area contributed by atoms with E-state index in [0.29, 0.717) is 11.5 Å². The van der Waals surface area contributed by atoms with Crippen LogP contribution in [-0.2, 0) is 15.0 Å². The van der Waals surface area contributed by atoms with Crippen molar-refractivity contribution in [3.63, 3.8) is 0 Å². The Morgan fingerprint density at radius 3 is 1.20 bits per heavy atom. The van der Waals surface area contributed by atoms with Crippen molar-refractivity contribution in [3.8, 4) is 33.8 Å². The molecule has 41 heavy (non-hydrogen) atoms. The average Bonchev–Trinajstić information content (AvgIpc) is 3.33. The maximum absolute atomic E-state index is 12.9. The lowest BCUT2D eigenvalue weighted by atomic mass is 9.70. The summed E-state index contributed by atoms with van der Waals surface area (Å²) in [6.45, 7) is 11.1. The number of hydrogen-bond donors (Lipinski definition) is 0. The topological polar surface area (TPSA) is 52.6 Å². The number of fused-ring (bicyclic) bond motifs is 10. The van der Waals surface area contributed by atoms with E-state index in [-0.39, 0.29) is 11.9 Å². The third-order valence-electron chi connectivity index (χ3n) is 7.79. The fraction of sp³-hybridized carbons (Fsp3) is 0.257. The van der Waals surface area contributed by atoms with Gasteiger partial charge in [0.15, 0.2) is 0 Å². The van der Waals surface area contributed by atoms with E-state index in [9.17, 15) is 9.59 Å². The molecule has 208 valence electrons. The molecule has 0 saturated heterocycles. The molecular weight excluding hydrogens is 644 g/mol. The number of carbonyl (C=O) groups excluding carboxylic acids is 2. The van der Waals surface area contributed by atoms with Gasteiger partial charge in [-0.1, -0.05) is 56.1 Å². The Balaban J connectivity index is 1.66. The van der Waals surface area contributed by atoms with Gasteiger partial charge in [-0.25, -0.2) is 0 Å². The second-order valence-corrected chi connectivity index (χ2v) is 14.7. The minimum Gasteiger partial charge on any atom is -0.426 e. The van der Waals surface area contributed by atoms with Crippen molar-refractivity contribution in [1.29, 1.82) is 0 Å². The van der Waals surface area contributed by atoms with Crippen LogP contribution in [0.15, 0.2) is 81.7 Å². The van der Waals surface area contributed by atoms with Gasteiger partial charge in [-0.2, -0.15) is 0 Å². The van der Waals surface area contributed by atoms with Crippen LogP contribution < -0.4 is 9.47 Å². The Hall–Kier alpha value is -3.22. The monoisotopic (exact) mass is 672 g/mol. The van der Waals surface area contributed by atoms with Gasteiger partial charge in [0.05, 0.1) is 16.2 Å². The zero-order chi connectivity index (χ0) is 29.5. The molecule has 0 fully saturated rings. The van der Waals surface area contributed by atoms with Crippen LogP contribution >= 0.6 is 31.9 Å². The zero-order valence-corrected chi connectivity index (χ0v) is 27.0. The van der Waals surface area contributed by atoms with Crippen LogP contribution in [0, 0.1) is 10.8 Å². The standard InChI is InChI=1S/C35H30Br2O4/c1-33(2,3)31(38)40-21-9-13-25-23-11-7-19(36)15-27(23)35(29(25)17-21)28-16-20(37)8-12-24(28)26-14-10-22(18-30(26)35)41-32(39)34(4,5)6/h7-18H,1-6H3. The van der Waals surface area contributed by atoms with Crippen LogP contribution in [0.3, 0.4) is 0 Å². The van der Waals surface area contributed by atoms with Crippen LogP contribution in [0.5, 0.6) is 11.5 Å². The van der Waals surface area contributed by atoms with Gasteiger partial charge in [0.25, 0.3) is 0 Å². The molecule has 0 N–H and O–H groups in total. The van der Waals surface area contributed by atoms with Crippen molar-refractivity contribution in [1.82, 2.24) is 0 Å². The molecule has 0 radical (unpaired) electrons. The van der Waals surface area contributed by atoms with E-state index in [0.717, 1.165) is 53.5 Å². The van der Waals surface area contributed by atoms with Gasteiger partial charge in [-0.3, -0.25) is 9.59 Å². The molecule has 0 unspecified atom stereocenters. The lowest BCUT2D eigenvalue weighted by Crippen LogP contribution is -2.28. The summed E-state index contributed by atoms with van der Waals surface area (Å²) in [7, 11) is 0. The van der Waals surface area contributed by atoms with E-state index in [1.54, 1.807) is 0 Å². The Morgan fingerprint density at radius 2 is 0.854 bits per heavy atom. The molecule has 4 nitrogen and oxygen atoms in total. The number of halogens is 2. The summed E-state index contributed by atoms with van der Waals surface area (Å²) >= 11 is 7.45. The molecule has 0 aliphatic heterocycles. The number of carbonyl (C=O) groups is 2. The lowest BCUT2D eigenvalue weighted by Gasteiger charge is -2.31.